The fraction of sp³-hybridized carbons (Fsp3) is 0.200. The average molecular weight is 287 g/mol. The molecule has 0 atom stereocenters. The molecule has 1 aromatic carbocycles. The molecule has 2 N–H and O–H groups in total. The van der Waals surface area contributed by atoms with Gasteiger partial charge in [-0.2, -0.15) is 0 Å². The first kappa shape index (κ1) is 12.1. The molecule has 0 aliphatic heterocycles. The fourth-order valence-corrected chi connectivity index (χ4v) is 2.26. The van der Waals surface area contributed by atoms with E-state index < -0.39 is 0 Å². The van der Waals surface area contributed by atoms with Crippen molar-refractivity contribution >= 4 is 45.2 Å². The van der Waals surface area contributed by atoms with Crippen molar-refractivity contribution in [2.45, 2.75) is 6.92 Å². The minimum atomic E-state index is -0.259. The van der Waals surface area contributed by atoms with Gasteiger partial charge in [-0.05, 0) is 24.6 Å². The highest BCUT2D eigenvalue weighted by molar-refractivity contribution is 9.10. The Morgan fingerprint density at radius 1 is 1.53 bits per heavy atom. The van der Waals surface area contributed by atoms with Gasteiger partial charge in [-0.1, -0.05) is 28.1 Å². The number of carbonyl (C=O) groups excluding carboxylic acids is 1. The van der Waals surface area contributed by atoms with Crippen LogP contribution in [0, 0.1) is 6.92 Å². The minimum Gasteiger partial charge on any atom is -0.341 e. The molecule has 2 amide bonds. The Bertz CT molecular complexity index is 407. The molecule has 5 heteroatoms. The van der Waals surface area contributed by atoms with E-state index in [9.17, 15) is 4.79 Å². The zero-order chi connectivity index (χ0) is 11.4. The van der Waals surface area contributed by atoms with Crippen LogP contribution in [-0.2, 0) is 0 Å². The van der Waals surface area contributed by atoms with E-state index in [0.29, 0.717) is 5.69 Å². The maximum absolute atomic E-state index is 11.2. The van der Waals surface area contributed by atoms with E-state index in [4.69, 9.17) is 12.2 Å². The summed E-state index contributed by atoms with van der Waals surface area (Å²) >= 11 is 8.30. The molecule has 0 aliphatic rings. The summed E-state index contributed by atoms with van der Waals surface area (Å²) in [5.74, 6) is 0. The van der Waals surface area contributed by atoms with Gasteiger partial charge in [-0.25, -0.2) is 4.79 Å². The van der Waals surface area contributed by atoms with Crippen LogP contribution in [0.3, 0.4) is 0 Å². The highest BCUT2D eigenvalue weighted by Gasteiger charge is 2.07. The van der Waals surface area contributed by atoms with Gasteiger partial charge in [0.05, 0.1) is 5.69 Å². The third-order valence-electron chi connectivity index (χ3n) is 1.87. The summed E-state index contributed by atoms with van der Waals surface area (Å²) in [6, 6.07) is 3.57. The average Bonchev–Trinajstić information content (AvgIpc) is 2.17. The lowest BCUT2D eigenvalue weighted by Crippen LogP contribution is -2.25. The van der Waals surface area contributed by atoms with Crippen molar-refractivity contribution in [2.75, 3.05) is 12.4 Å². The van der Waals surface area contributed by atoms with Gasteiger partial charge in [-0.15, -0.1) is 0 Å². The topological polar surface area (TPSA) is 41.1 Å². The molecule has 1 rings (SSSR count). The number of nitrogens with one attached hydrogen (secondary N) is 2. The zero-order valence-corrected chi connectivity index (χ0v) is 10.8. The van der Waals surface area contributed by atoms with E-state index >= 15 is 0 Å². The van der Waals surface area contributed by atoms with Crippen molar-refractivity contribution in [3.8, 4) is 0 Å². The van der Waals surface area contributed by atoms with Gasteiger partial charge < -0.3 is 10.6 Å². The first-order chi connectivity index (χ1) is 7.08. The maximum atomic E-state index is 11.2. The summed E-state index contributed by atoms with van der Waals surface area (Å²) in [5, 5.41) is 6.74. The molecule has 80 valence electrons. The van der Waals surface area contributed by atoms with Gasteiger partial charge in [0.15, 0.2) is 0 Å². The summed E-state index contributed by atoms with van der Waals surface area (Å²) in [6.07, 6.45) is 0. The Labute approximate surface area is 102 Å². The lowest BCUT2D eigenvalue weighted by Gasteiger charge is -2.10. The summed E-state index contributed by atoms with van der Waals surface area (Å²) in [6.45, 7) is 1.95. The molecule has 0 aliphatic carbocycles. The van der Waals surface area contributed by atoms with Crippen LogP contribution in [0.2, 0.25) is 0 Å². The highest BCUT2D eigenvalue weighted by atomic mass is 79.9. The van der Waals surface area contributed by atoms with Crippen molar-refractivity contribution in [1.82, 2.24) is 5.32 Å². The molecular formula is C10H11BrN2OS. The van der Waals surface area contributed by atoms with E-state index in [2.05, 4.69) is 26.6 Å². The third-order valence-corrected chi connectivity index (χ3v) is 2.76. The molecule has 0 fully saturated rings. The molecule has 0 unspecified atom stereocenters. The van der Waals surface area contributed by atoms with Gasteiger partial charge in [0, 0.05) is 22.5 Å². The van der Waals surface area contributed by atoms with Crippen LogP contribution in [0.4, 0.5) is 10.5 Å². The lowest BCUT2D eigenvalue weighted by molar-refractivity contribution is 0.254. The summed E-state index contributed by atoms with van der Waals surface area (Å²) < 4.78 is 0.879. The fourth-order valence-electron chi connectivity index (χ4n) is 1.16. The van der Waals surface area contributed by atoms with Gasteiger partial charge in [0.25, 0.3) is 0 Å². The van der Waals surface area contributed by atoms with Crippen LogP contribution in [-0.4, -0.2) is 18.4 Å². The second-order valence-electron chi connectivity index (χ2n) is 3.03. The van der Waals surface area contributed by atoms with Gasteiger partial charge in [0.2, 0.25) is 0 Å². The maximum Gasteiger partial charge on any atom is 0.318 e. The number of halogens is 1. The Morgan fingerprint density at radius 2 is 2.20 bits per heavy atom. The number of amides is 2. The van der Waals surface area contributed by atoms with Gasteiger partial charge in [-0.3, -0.25) is 0 Å². The number of thiocarbonyl (C=S) groups is 1. The number of hydrogen-bond donors (Lipinski definition) is 2. The van der Waals surface area contributed by atoms with Crippen LogP contribution < -0.4 is 10.6 Å². The van der Waals surface area contributed by atoms with Crippen molar-refractivity contribution in [1.29, 1.82) is 0 Å². The third kappa shape index (κ3) is 3.00. The molecule has 0 spiro atoms. The molecule has 0 radical (unpaired) electrons. The lowest BCUT2D eigenvalue weighted by atomic mass is 10.1. The summed E-state index contributed by atoms with van der Waals surface area (Å²) in [7, 11) is 1.57. The van der Waals surface area contributed by atoms with E-state index in [1.165, 1.54) is 5.37 Å². The minimum absolute atomic E-state index is 0.259. The largest absolute Gasteiger partial charge is 0.341 e. The van der Waals surface area contributed by atoms with Crippen molar-refractivity contribution < 1.29 is 4.79 Å². The van der Waals surface area contributed by atoms with Crippen molar-refractivity contribution in [3.05, 3.63) is 27.7 Å². The quantitative estimate of drug-likeness (QED) is 0.821. The molecule has 1 aromatic rings. The van der Waals surface area contributed by atoms with Gasteiger partial charge >= 0.3 is 6.03 Å². The van der Waals surface area contributed by atoms with Crippen molar-refractivity contribution in [2.24, 2.45) is 0 Å². The van der Waals surface area contributed by atoms with E-state index in [1.54, 1.807) is 7.05 Å². The molecule has 0 heterocycles. The van der Waals surface area contributed by atoms with Crippen LogP contribution in [0.25, 0.3) is 0 Å². The number of anilines is 1. The Balaban J connectivity index is 3.14. The number of urea groups is 1. The van der Waals surface area contributed by atoms with Crippen LogP contribution in [0.15, 0.2) is 16.6 Å². The zero-order valence-electron chi connectivity index (χ0n) is 8.43. The number of carbonyl (C=O) groups is 1. The Kier molecular flexibility index (Phi) is 4.23. The Morgan fingerprint density at radius 3 is 2.73 bits per heavy atom. The predicted molar refractivity (Wildman–Crippen MR) is 69.7 cm³/mol. The summed E-state index contributed by atoms with van der Waals surface area (Å²) in [5.41, 5.74) is 2.56. The molecular weight excluding hydrogens is 276 g/mol. The first-order valence-corrected chi connectivity index (χ1v) is 5.59. The summed E-state index contributed by atoms with van der Waals surface area (Å²) in [4.78, 5) is 11.2. The number of benzene rings is 1. The molecule has 3 nitrogen and oxygen atoms in total. The predicted octanol–water partition coefficient (Wildman–Crippen LogP) is 2.86. The van der Waals surface area contributed by atoms with E-state index in [0.717, 1.165) is 15.6 Å². The second-order valence-corrected chi connectivity index (χ2v) is 4.12. The van der Waals surface area contributed by atoms with Crippen LogP contribution in [0.1, 0.15) is 11.1 Å². The SMILES string of the molecule is CNC(=O)Nc1cc(C)cc(Br)c1C=S. The molecule has 0 saturated carbocycles. The molecule has 0 aromatic heterocycles. The number of rotatable bonds is 2. The first-order valence-electron chi connectivity index (χ1n) is 4.32. The van der Waals surface area contributed by atoms with Crippen molar-refractivity contribution in [3.63, 3.8) is 0 Å². The second kappa shape index (κ2) is 5.23. The van der Waals surface area contributed by atoms with E-state index in [-0.39, 0.29) is 6.03 Å². The molecule has 0 bridgehead atoms. The van der Waals surface area contributed by atoms with Crippen LogP contribution in [0.5, 0.6) is 0 Å². The smallest absolute Gasteiger partial charge is 0.318 e. The molecule has 15 heavy (non-hydrogen) atoms. The molecule has 0 saturated heterocycles. The number of hydrogen-bond acceptors (Lipinski definition) is 2. The van der Waals surface area contributed by atoms with Crippen LogP contribution >= 0.6 is 28.1 Å². The van der Waals surface area contributed by atoms with Gasteiger partial charge in [0.1, 0.15) is 0 Å². The monoisotopic (exact) mass is 286 g/mol. The normalized spacial score (nSPS) is 9.53. The standard InChI is InChI=1S/C10H11BrN2OS/c1-6-3-8(11)7(5-15)9(4-6)13-10(14)12-2/h3-5H,1-2H3,(H2,12,13,14). The van der Waals surface area contributed by atoms with E-state index in [1.807, 2.05) is 19.1 Å². The highest BCUT2D eigenvalue weighted by Crippen LogP contribution is 2.25. The Hall–Kier alpha value is -0.940. The number of aryl methyl sites for hydroxylation is 1.